The third-order valence-electron chi connectivity index (χ3n) is 4.25. The average Bonchev–Trinajstić information content (AvgIpc) is 3.24. The van der Waals surface area contributed by atoms with Gasteiger partial charge in [0.2, 0.25) is 16.8 Å². The van der Waals surface area contributed by atoms with Crippen molar-refractivity contribution in [3.05, 3.63) is 47.5 Å². The number of aryl methyl sites for hydroxylation is 1. The Morgan fingerprint density at radius 3 is 2.32 bits per heavy atom. The smallest absolute Gasteiger partial charge is 0.230 e. The lowest BCUT2D eigenvalue weighted by Crippen LogP contribution is -2.24. The molecule has 0 saturated heterocycles. The second-order valence-corrected chi connectivity index (χ2v) is 8.66. The van der Waals surface area contributed by atoms with Crippen LogP contribution in [-0.4, -0.2) is 43.2 Å². The number of ether oxygens (including phenoxy) is 3. The second-order valence-electron chi connectivity index (χ2n) is 6.46. The first-order valence-corrected chi connectivity index (χ1v) is 11.2. The zero-order valence-electron chi connectivity index (χ0n) is 17.7. The molecule has 0 atom stereocenters. The van der Waals surface area contributed by atoms with Gasteiger partial charge in [0.15, 0.2) is 15.8 Å². The molecule has 0 radical (unpaired) electrons. The molecule has 1 heterocycles. The summed E-state index contributed by atoms with van der Waals surface area (Å²) in [5.74, 6) is 1.73. The van der Waals surface area contributed by atoms with Gasteiger partial charge in [0.05, 0.1) is 27.1 Å². The number of amides is 1. The second kappa shape index (κ2) is 10.9. The van der Waals surface area contributed by atoms with Crippen molar-refractivity contribution >= 4 is 39.8 Å². The Kier molecular flexibility index (Phi) is 7.96. The SMILES string of the molecule is COc1cc(CNC(=O)CSc2nnc(Nc3ccc(C)cc3)s2)cc(OC)c1OC. The van der Waals surface area contributed by atoms with E-state index in [4.69, 9.17) is 14.2 Å². The molecule has 3 rings (SSSR count). The fourth-order valence-corrected chi connectivity index (χ4v) is 4.30. The lowest BCUT2D eigenvalue weighted by Gasteiger charge is -2.14. The van der Waals surface area contributed by atoms with Crippen molar-refractivity contribution in [1.29, 1.82) is 0 Å². The first-order valence-electron chi connectivity index (χ1n) is 9.38. The Balaban J connectivity index is 1.51. The van der Waals surface area contributed by atoms with E-state index in [1.807, 2.05) is 43.3 Å². The van der Waals surface area contributed by atoms with Gasteiger partial charge in [0.25, 0.3) is 0 Å². The Labute approximate surface area is 189 Å². The number of carbonyl (C=O) groups excluding carboxylic acids is 1. The van der Waals surface area contributed by atoms with Gasteiger partial charge in [-0.05, 0) is 36.8 Å². The Morgan fingerprint density at radius 2 is 1.71 bits per heavy atom. The summed E-state index contributed by atoms with van der Waals surface area (Å²) >= 11 is 2.75. The van der Waals surface area contributed by atoms with Gasteiger partial charge in [-0.1, -0.05) is 40.8 Å². The number of nitrogens with zero attached hydrogens (tertiary/aromatic N) is 2. The van der Waals surface area contributed by atoms with Crippen LogP contribution in [0.2, 0.25) is 0 Å². The van der Waals surface area contributed by atoms with Crippen molar-refractivity contribution in [3.63, 3.8) is 0 Å². The Morgan fingerprint density at radius 1 is 1.03 bits per heavy atom. The molecule has 0 aliphatic carbocycles. The number of hydrogen-bond donors (Lipinski definition) is 2. The Hall–Kier alpha value is -2.98. The van der Waals surface area contributed by atoms with Crippen molar-refractivity contribution in [2.75, 3.05) is 32.4 Å². The maximum Gasteiger partial charge on any atom is 0.230 e. The number of nitrogens with one attached hydrogen (secondary N) is 2. The molecule has 0 spiro atoms. The highest BCUT2D eigenvalue weighted by atomic mass is 32.2. The maximum atomic E-state index is 12.3. The third kappa shape index (κ3) is 6.25. The number of anilines is 2. The molecule has 10 heteroatoms. The number of hydrogen-bond acceptors (Lipinski definition) is 9. The van der Waals surface area contributed by atoms with Crippen LogP contribution in [0.1, 0.15) is 11.1 Å². The monoisotopic (exact) mass is 460 g/mol. The van der Waals surface area contributed by atoms with Gasteiger partial charge >= 0.3 is 0 Å². The molecule has 0 unspecified atom stereocenters. The summed E-state index contributed by atoms with van der Waals surface area (Å²) in [6.07, 6.45) is 0. The molecule has 3 aromatic rings. The molecule has 0 bridgehead atoms. The van der Waals surface area contributed by atoms with Crippen molar-refractivity contribution in [2.24, 2.45) is 0 Å². The van der Waals surface area contributed by atoms with Gasteiger partial charge < -0.3 is 24.8 Å². The highest BCUT2D eigenvalue weighted by Crippen LogP contribution is 2.38. The topological polar surface area (TPSA) is 94.6 Å². The minimum atomic E-state index is -0.109. The zero-order chi connectivity index (χ0) is 22.2. The normalized spacial score (nSPS) is 10.5. The molecule has 0 fully saturated rings. The van der Waals surface area contributed by atoms with Crippen LogP contribution in [0.4, 0.5) is 10.8 Å². The van der Waals surface area contributed by atoms with Crippen LogP contribution in [0.3, 0.4) is 0 Å². The average molecular weight is 461 g/mol. The predicted molar refractivity (Wildman–Crippen MR) is 123 cm³/mol. The van der Waals surface area contributed by atoms with Crippen molar-refractivity contribution < 1.29 is 19.0 Å². The predicted octanol–water partition coefficient (Wildman–Crippen LogP) is 4.02. The van der Waals surface area contributed by atoms with Crippen LogP contribution in [0.15, 0.2) is 40.7 Å². The summed E-state index contributed by atoms with van der Waals surface area (Å²) in [6.45, 7) is 2.38. The van der Waals surface area contributed by atoms with Gasteiger partial charge in [0, 0.05) is 12.2 Å². The van der Waals surface area contributed by atoms with Crippen LogP contribution in [0, 0.1) is 6.92 Å². The molecule has 164 valence electrons. The molecule has 0 saturated carbocycles. The minimum absolute atomic E-state index is 0.109. The van der Waals surface area contributed by atoms with Crippen LogP contribution in [0.5, 0.6) is 17.2 Å². The Bertz CT molecular complexity index is 999. The van der Waals surface area contributed by atoms with E-state index in [1.165, 1.54) is 28.7 Å². The lowest BCUT2D eigenvalue weighted by atomic mass is 10.2. The number of aromatic nitrogens is 2. The lowest BCUT2D eigenvalue weighted by molar-refractivity contribution is -0.118. The summed E-state index contributed by atoms with van der Waals surface area (Å²) in [5.41, 5.74) is 2.98. The molecule has 2 aromatic carbocycles. The van der Waals surface area contributed by atoms with Crippen LogP contribution in [0.25, 0.3) is 0 Å². The molecule has 1 amide bonds. The van der Waals surface area contributed by atoms with E-state index in [0.717, 1.165) is 15.6 Å². The minimum Gasteiger partial charge on any atom is -0.493 e. The first kappa shape index (κ1) is 22.7. The van der Waals surface area contributed by atoms with E-state index in [9.17, 15) is 4.79 Å². The largest absolute Gasteiger partial charge is 0.493 e. The van der Waals surface area contributed by atoms with E-state index in [0.29, 0.717) is 28.9 Å². The molecule has 1 aromatic heterocycles. The molecular formula is C21H24N4O4S2. The molecular weight excluding hydrogens is 436 g/mol. The van der Waals surface area contributed by atoms with E-state index >= 15 is 0 Å². The van der Waals surface area contributed by atoms with E-state index in [2.05, 4.69) is 20.8 Å². The molecule has 0 aliphatic heterocycles. The molecule has 2 N–H and O–H groups in total. The van der Waals surface area contributed by atoms with Crippen LogP contribution >= 0.6 is 23.1 Å². The third-order valence-corrected chi connectivity index (χ3v) is 6.22. The number of methoxy groups -OCH3 is 3. The molecule has 0 aliphatic rings. The van der Waals surface area contributed by atoms with E-state index in [1.54, 1.807) is 21.3 Å². The van der Waals surface area contributed by atoms with Crippen molar-refractivity contribution in [1.82, 2.24) is 15.5 Å². The first-order chi connectivity index (χ1) is 15.0. The number of carbonyl (C=O) groups is 1. The highest BCUT2D eigenvalue weighted by molar-refractivity contribution is 8.01. The fourth-order valence-electron chi connectivity index (χ4n) is 2.70. The summed E-state index contributed by atoms with van der Waals surface area (Å²) in [5, 5.41) is 15.0. The maximum absolute atomic E-state index is 12.3. The van der Waals surface area contributed by atoms with Gasteiger partial charge in [-0.3, -0.25) is 4.79 Å². The van der Waals surface area contributed by atoms with Crippen molar-refractivity contribution in [2.45, 2.75) is 17.8 Å². The van der Waals surface area contributed by atoms with E-state index in [-0.39, 0.29) is 11.7 Å². The van der Waals surface area contributed by atoms with Crippen molar-refractivity contribution in [3.8, 4) is 17.2 Å². The summed E-state index contributed by atoms with van der Waals surface area (Å²) in [7, 11) is 4.66. The van der Waals surface area contributed by atoms with E-state index < -0.39 is 0 Å². The quantitative estimate of drug-likeness (QED) is 0.438. The van der Waals surface area contributed by atoms with Gasteiger partial charge in [-0.2, -0.15) is 0 Å². The van der Waals surface area contributed by atoms with Crippen LogP contribution in [-0.2, 0) is 11.3 Å². The zero-order valence-corrected chi connectivity index (χ0v) is 19.4. The summed E-state index contributed by atoms with van der Waals surface area (Å²) < 4.78 is 16.7. The standard InChI is InChI=1S/C21H24N4O4S2/c1-13-5-7-15(8-6-13)23-20-24-25-21(31-20)30-12-18(26)22-11-14-9-16(27-2)19(29-4)17(10-14)28-3/h5-10H,11-12H2,1-4H3,(H,22,26)(H,23,24). The number of rotatable bonds is 10. The number of benzene rings is 2. The fraction of sp³-hybridized carbons (Fsp3) is 0.286. The van der Waals surface area contributed by atoms with Gasteiger partial charge in [0.1, 0.15) is 0 Å². The molecule has 8 nitrogen and oxygen atoms in total. The van der Waals surface area contributed by atoms with Gasteiger partial charge in [-0.25, -0.2) is 0 Å². The number of thioether (sulfide) groups is 1. The summed E-state index contributed by atoms with van der Waals surface area (Å²) in [4.78, 5) is 12.3. The molecule has 31 heavy (non-hydrogen) atoms. The summed E-state index contributed by atoms with van der Waals surface area (Å²) in [6, 6.07) is 11.6. The van der Waals surface area contributed by atoms with Crippen LogP contribution < -0.4 is 24.8 Å². The highest BCUT2D eigenvalue weighted by Gasteiger charge is 2.14. The van der Waals surface area contributed by atoms with Gasteiger partial charge in [-0.15, -0.1) is 10.2 Å².